The molecule has 1 aromatic carbocycles. The van der Waals surface area contributed by atoms with E-state index in [-0.39, 0.29) is 16.2 Å². The summed E-state index contributed by atoms with van der Waals surface area (Å²) >= 11 is 0. The van der Waals surface area contributed by atoms with Crippen molar-refractivity contribution in [2.45, 2.75) is 25.2 Å². The molecule has 0 radical (unpaired) electrons. The van der Waals surface area contributed by atoms with Crippen LogP contribution >= 0.6 is 0 Å². The van der Waals surface area contributed by atoms with Gasteiger partial charge in [-0.25, -0.2) is 13.2 Å². The molecule has 0 spiro atoms. The molecule has 0 aliphatic carbocycles. The number of aliphatic carboxylic acids is 1. The second kappa shape index (κ2) is 6.47. The van der Waals surface area contributed by atoms with Crippen LogP contribution < -0.4 is 0 Å². The lowest BCUT2D eigenvalue weighted by Crippen LogP contribution is -2.12. The molecule has 108 valence electrons. The standard InChI is InChI=1S/C14H16O5S/c1-3-8-20(18,19)13-6-4-10(2)9-11(13)12(15)5-7-14(16)17/h4-7,9H,3,8H2,1-2H3,(H,16,17)/b7-5+. The second-order valence-electron chi connectivity index (χ2n) is 4.35. The lowest BCUT2D eigenvalue weighted by molar-refractivity contribution is -0.131. The fourth-order valence-corrected chi connectivity index (χ4v) is 3.25. The highest BCUT2D eigenvalue weighted by atomic mass is 32.2. The second-order valence-corrected chi connectivity index (χ2v) is 6.43. The first-order valence-electron chi connectivity index (χ1n) is 6.06. The third-order valence-corrected chi connectivity index (χ3v) is 4.56. The Bertz CT molecular complexity index is 656. The molecule has 6 heteroatoms. The number of benzene rings is 1. The third-order valence-electron chi connectivity index (χ3n) is 2.59. The van der Waals surface area contributed by atoms with Crippen molar-refractivity contribution in [3.63, 3.8) is 0 Å². The molecule has 0 fully saturated rings. The van der Waals surface area contributed by atoms with Crippen molar-refractivity contribution < 1.29 is 23.1 Å². The van der Waals surface area contributed by atoms with Crippen molar-refractivity contribution in [3.05, 3.63) is 41.5 Å². The molecule has 1 rings (SSSR count). The molecule has 0 heterocycles. The number of rotatable bonds is 6. The normalized spacial score (nSPS) is 11.7. The predicted octanol–water partition coefficient (Wildman–Crippen LogP) is 2.00. The number of ketones is 1. The number of carbonyl (C=O) groups is 2. The molecule has 0 aliphatic rings. The molecular formula is C14H16O5S. The molecule has 0 atom stereocenters. The minimum absolute atomic E-state index is 0.0101. The lowest BCUT2D eigenvalue weighted by atomic mass is 10.1. The van der Waals surface area contributed by atoms with Crippen LogP contribution in [0.4, 0.5) is 0 Å². The fraction of sp³-hybridized carbons (Fsp3) is 0.286. The largest absolute Gasteiger partial charge is 0.478 e. The predicted molar refractivity (Wildman–Crippen MR) is 74.6 cm³/mol. The van der Waals surface area contributed by atoms with E-state index in [9.17, 15) is 18.0 Å². The van der Waals surface area contributed by atoms with Gasteiger partial charge in [0, 0.05) is 11.6 Å². The van der Waals surface area contributed by atoms with E-state index in [2.05, 4.69) is 0 Å². The van der Waals surface area contributed by atoms with E-state index < -0.39 is 21.6 Å². The van der Waals surface area contributed by atoms with Crippen molar-refractivity contribution >= 4 is 21.6 Å². The number of carboxylic acid groups (broad SMARTS) is 1. The van der Waals surface area contributed by atoms with Crippen LogP contribution in [0.15, 0.2) is 35.2 Å². The highest BCUT2D eigenvalue weighted by Gasteiger charge is 2.20. The third kappa shape index (κ3) is 4.03. The number of hydrogen-bond donors (Lipinski definition) is 1. The topological polar surface area (TPSA) is 88.5 Å². The molecule has 0 bridgehead atoms. The van der Waals surface area contributed by atoms with Gasteiger partial charge in [-0.3, -0.25) is 4.79 Å². The monoisotopic (exact) mass is 296 g/mol. The van der Waals surface area contributed by atoms with Gasteiger partial charge in [0.1, 0.15) is 0 Å². The summed E-state index contributed by atoms with van der Waals surface area (Å²) in [5, 5.41) is 8.52. The van der Waals surface area contributed by atoms with E-state index in [1.54, 1.807) is 19.9 Å². The summed E-state index contributed by atoms with van der Waals surface area (Å²) in [7, 11) is -3.54. The van der Waals surface area contributed by atoms with E-state index in [1.165, 1.54) is 12.1 Å². The maximum absolute atomic E-state index is 12.1. The van der Waals surface area contributed by atoms with Gasteiger partial charge in [0.2, 0.25) is 0 Å². The number of hydrogen-bond acceptors (Lipinski definition) is 4. The Labute approximate surface area is 117 Å². The summed E-state index contributed by atoms with van der Waals surface area (Å²) < 4.78 is 24.2. The highest BCUT2D eigenvalue weighted by Crippen LogP contribution is 2.20. The highest BCUT2D eigenvalue weighted by molar-refractivity contribution is 7.91. The SMILES string of the molecule is CCCS(=O)(=O)c1ccc(C)cc1C(=O)/C=C/C(=O)O. The minimum Gasteiger partial charge on any atom is -0.478 e. The summed E-state index contributed by atoms with van der Waals surface area (Å²) in [6.45, 7) is 3.46. The van der Waals surface area contributed by atoms with Crippen molar-refractivity contribution in [1.82, 2.24) is 0 Å². The van der Waals surface area contributed by atoms with E-state index in [4.69, 9.17) is 5.11 Å². The molecule has 0 unspecified atom stereocenters. The maximum Gasteiger partial charge on any atom is 0.328 e. The molecule has 0 aliphatic heterocycles. The summed E-state index contributed by atoms with van der Waals surface area (Å²) in [6, 6.07) is 4.46. The number of sulfone groups is 1. The Kier molecular flexibility index (Phi) is 5.21. The summed E-state index contributed by atoms with van der Waals surface area (Å²) in [5.41, 5.74) is 0.739. The van der Waals surface area contributed by atoms with Gasteiger partial charge in [0.05, 0.1) is 10.6 Å². The van der Waals surface area contributed by atoms with E-state index >= 15 is 0 Å². The molecule has 20 heavy (non-hydrogen) atoms. The first-order valence-corrected chi connectivity index (χ1v) is 7.72. The maximum atomic E-state index is 12.1. The van der Waals surface area contributed by atoms with Crippen LogP contribution in [0.3, 0.4) is 0 Å². The van der Waals surface area contributed by atoms with Crippen LogP contribution in [-0.2, 0) is 14.6 Å². The Morgan fingerprint density at radius 1 is 1.25 bits per heavy atom. The van der Waals surface area contributed by atoms with Crippen molar-refractivity contribution in [3.8, 4) is 0 Å². The lowest BCUT2D eigenvalue weighted by Gasteiger charge is -2.08. The van der Waals surface area contributed by atoms with Crippen molar-refractivity contribution in [2.24, 2.45) is 0 Å². The molecule has 0 aromatic heterocycles. The van der Waals surface area contributed by atoms with E-state index in [0.717, 1.165) is 11.6 Å². The number of carbonyl (C=O) groups excluding carboxylic acids is 1. The zero-order chi connectivity index (χ0) is 15.3. The Hall–Kier alpha value is -1.95. The minimum atomic E-state index is -3.54. The molecule has 1 N–H and O–H groups in total. The van der Waals surface area contributed by atoms with Crippen LogP contribution in [0, 0.1) is 6.92 Å². The fourth-order valence-electron chi connectivity index (χ4n) is 1.72. The molecule has 0 saturated heterocycles. The Morgan fingerprint density at radius 3 is 2.45 bits per heavy atom. The van der Waals surface area contributed by atoms with Crippen LogP contribution in [0.5, 0.6) is 0 Å². The van der Waals surface area contributed by atoms with Gasteiger partial charge in [0.15, 0.2) is 15.6 Å². The Balaban J connectivity index is 3.35. The first-order chi connectivity index (χ1) is 9.27. The van der Waals surface area contributed by atoms with Crippen LogP contribution in [0.1, 0.15) is 29.3 Å². The van der Waals surface area contributed by atoms with Gasteiger partial charge in [-0.15, -0.1) is 0 Å². The van der Waals surface area contributed by atoms with E-state index in [1.807, 2.05) is 0 Å². The number of carboxylic acids is 1. The van der Waals surface area contributed by atoms with Crippen LogP contribution in [-0.4, -0.2) is 31.0 Å². The summed E-state index contributed by atoms with van der Waals surface area (Å²) in [4.78, 5) is 22.3. The first kappa shape index (κ1) is 16.1. The van der Waals surface area contributed by atoms with Gasteiger partial charge in [-0.2, -0.15) is 0 Å². The van der Waals surface area contributed by atoms with Gasteiger partial charge < -0.3 is 5.11 Å². The summed E-state index contributed by atoms with van der Waals surface area (Å²) in [5.74, 6) is -1.95. The van der Waals surface area contributed by atoms with Crippen molar-refractivity contribution in [2.75, 3.05) is 5.75 Å². The average molecular weight is 296 g/mol. The van der Waals surface area contributed by atoms with Gasteiger partial charge in [0.25, 0.3) is 0 Å². The quantitative estimate of drug-likeness (QED) is 0.640. The van der Waals surface area contributed by atoms with E-state index in [0.29, 0.717) is 12.5 Å². The zero-order valence-electron chi connectivity index (χ0n) is 11.3. The van der Waals surface area contributed by atoms with Crippen molar-refractivity contribution in [1.29, 1.82) is 0 Å². The van der Waals surface area contributed by atoms with Gasteiger partial charge in [-0.05, 0) is 31.6 Å². The molecule has 0 amide bonds. The summed E-state index contributed by atoms with van der Waals surface area (Å²) in [6.07, 6.45) is 2.00. The molecule has 5 nitrogen and oxygen atoms in total. The van der Waals surface area contributed by atoms with Gasteiger partial charge in [-0.1, -0.05) is 18.6 Å². The number of allylic oxidation sites excluding steroid dienone is 1. The number of aryl methyl sites for hydroxylation is 1. The van der Waals surface area contributed by atoms with Crippen LogP contribution in [0.25, 0.3) is 0 Å². The zero-order valence-corrected chi connectivity index (χ0v) is 12.1. The Morgan fingerprint density at radius 2 is 1.90 bits per heavy atom. The molecular weight excluding hydrogens is 280 g/mol. The molecule has 0 saturated carbocycles. The average Bonchev–Trinajstić information content (AvgIpc) is 2.35. The van der Waals surface area contributed by atoms with Crippen LogP contribution in [0.2, 0.25) is 0 Å². The smallest absolute Gasteiger partial charge is 0.328 e. The molecule has 1 aromatic rings. The van der Waals surface area contributed by atoms with Gasteiger partial charge >= 0.3 is 5.97 Å².